The summed E-state index contributed by atoms with van der Waals surface area (Å²) in [4.78, 5) is 22.4. The molecule has 0 spiro atoms. The molecule has 0 radical (unpaired) electrons. The SMILES string of the molecule is Cn1cc(/C=C/C(=O)Nc2ccc(C(=O)O)cc2O)cn1. The molecular formula is C14H13N3O4. The monoisotopic (exact) mass is 287 g/mol. The predicted octanol–water partition coefficient (Wildman–Crippen LogP) is 1.48. The van der Waals surface area contributed by atoms with Crippen molar-refractivity contribution in [3.63, 3.8) is 0 Å². The number of phenolic OH excluding ortho intramolecular Hbond substituents is 1. The first-order chi connectivity index (χ1) is 9.95. The summed E-state index contributed by atoms with van der Waals surface area (Å²) in [7, 11) is 1.76. The highest BCUT2D eigenvalue weighted by Crippen LogP contribution is 2.24. The van der Waals surface area contributed by atoms with Crippen molar-refractivity contribution in [2.24, 2.45) is 7.05 Å². The number of nitrogens with one attached hydrogen (secondary N) is 1. The van der Waals surface area contributed by atoms with Crippen LogP contribution in [0.1, 0.15) is 15.9 Å². The molecule has 1 amide bonds. The molecule has 21 heavy (non-hydrogen) atoms. The van der Waals surface area contributed by atoms with Crippen molar-refractivity contribution in [2.45, 2.75) is 0 Å². The topological polar surface area (TPSA) is 104 Å². The molecule has 0 saturated heterocycles. The van der Waals surface area contributed by atoms with Gasteiger partial charge < -0.3 is 15.5 Å². The fourth-order valence-electron chi connectivity index (χ4n) is 1.64. The van der Waals surface area contributed by atoms with E-state index in [1.165, 1.54) is 18.2 Å². The van der Waals surface area contributed by atoms with Crippen LogP contribution in [0.5, 0.6) is 5.75 Å². The number of phenols is 1. The highest BCUT2D eigenvalue weighted by Gasteiger charge is 2.08. The van der Waals surface area contributed by atoms with Gasteiger partial charge in [0.15, 0.2) is 0 Å². The van der Waals surface area contributed by atoms with Gasteiger partial charge in [0.25, 0.3) is 0 Å². The zero-order chi connectivity index (χ0) is 15.4. The van der Waals surface area contributed by atoms with Crippen LogP contribution in [0.3, 0.4) is 0 Å². The van der Waals surface area contributed by atoms with E-state index in [1.54, 1.807) is 30.2 Å². The van der Waals surface area contributed by atoms with Gasteiger partial charge in [0, 0.05) is 24.9 Å². The summed E-state index contributed by atoms with van der Waals surface area (Å²) in [5.74, 6) is -1.91. The van der Waals surface area contributed by atoms with Gasteiger partial charge in [-0.25, -0.2) is 4.79 Å². The van der Waals surface area contributed by atoms with E-state index in [-0.39, 0.29) is 17.0 Å². The summed E-state index contributed by atoms with van der Waals surface area (Å²) >= 11 is 0. The largest absolute Gasteiger partial charge is 0.506 e. The number of aromatic hydroxyl groups is 1. The van der Waals surface area contributed by atoms with Crippen LogP contribution in [0.4, 0.5) is 5.69 Å². The second-order valence-corrected chi connectivity index (χ2v) is 4.31. The number of hydrogen-bond donors (Lipinski definition) is 3. The number of carboxylic acids is 1. The lowest BCUT2D eigenvalue weighted by Gasteiger charge is -2.05. The van der Waals surface area contributed by atoms with E-state index in [2.05, 4.69) is 10.4 Å². The van der Waals surface area contributed by atoms with Crippen molar-refractivity contribution >= 4 is 23.6 Å². The van der Waals surface area contributed by atoms with Crippen LogP contribution < -0.4 is 5.32 Å². The number of aromatic nitrogens is 2. The van der Waals surface area contributed by atoms with Crippen molar-refractivity contribution in [3.05, 3.63) is 47.8 Å². The Morgan fingerprint density at radius 1 is 1.38 bits per heavy atom. The van der Waals surface area contributed by atoms with E-state index >= 15 is 0 Å². The minimum Gasteiger partial charge on any atom is -0.506 e. The van der Waals surface area contributed by atoms with Crippen molar-refractivity contribution in [2.75, 3.05) is 5.32 Å². The first-order valence-electron chi connectivity index (χ1n) is 6.00. The number of hydrogen-bond acceptors (Lipinski definition) is 4. The first kappa shape index (κ1) is 14.3. The van der Waals surface area contributed by atoms with Crippen LogP contribution in [-0.4, -0.2) is 31.9 Å². The van der Waals surface area contributed by atoms with Crippen LogP contribution in [0.2, 0.25) is 0 Å². The van der Waals surface area contributed by atoms with Gasteiger partial charge in [0.2, 0.25) is 5.91 Å². The number of aryl methyl sites for hydroxylation is 1. The maximum absolute atomic E-state index is 11.7. The standard InChI is InChI=1S/C14H13N3O4/c1-17-8-9(7-15-17)2-5-13(19)16-11-4-3-10(14(20)21)6-12(11)18/h2-8,18H,1H3,(H,16,19)(H,20,21)/b5-2+. The Hall–Kier alpha value is -3.09. The summed E-state index contributed by atoms with van der Waals surface area (Å²) in [6.07, 6.45) is 6.21. The second-order valence-electron chi connectivity index (χ2n) is 4.31. The molecule has 0 aliphatic carbocycles. The lowest BCUT2D eigenvalue weighted by atomic mass is 10.2. The molecule has 1 aromatic heterocycles. The number of carbonyl (C=O) groups is 2. The molecule has 0 aliphatic heterocycles. The normalized spacial score (nSPS) is 10.7. The van der Waals surface area contributed by atoms with Crippen molar-refractivity contribution in [3.8, 4) is 5.75 Å². The number of aromatic carboxylic acids is 1. The Morgan fingerprint density at radius 2 is 2.14 bits per heavy atom. The van der Waals surface area contributed by atoms with Crippen molar-refractivity contribution < 1.29 is 19.8 Å². The third kappa shape index (κ3) is 3.69. The van der Waals surface area contributed by atoms with E-state index in [4.69, 9.17) is 5.11 Å². The maximum Gasteiger partial charge on any atom is 0.335 e. The van der Waals surface area contributed by atoms with Crippen LogP contribution >= 0.6 is 0 Å². The molecule has 2 rings (SSSR count). The molecule has 7 nitrogen and oxygen atoms in total. The molecule has 0 atom stereocenters. The van der Waals surface area contributed by atoms with Gasteiger partial charge in [-0.15, -0.1) is 0 Å². The quantitative estimate of drug-likeness (QED) is 0.583. The molecule has 0 aliphatic rings. The van der Waals surface area contributed by atoms with Gasteiger partial charge in [0.1, 0.15) is 5.75 Å². The fourth-order valence-corrected chi connectivity index (χ4v) is 1.64. The van der Waals surface area contributed by atoms with E-state index < -0.39 is 11.9 Å². The maximum atomic E-state index is 11.7. The van der Waals surface area contributed by atoms with E-state index in [0.29, 0.717) is 0 Å². The van der Waals surface area contributed by atoms with Crippen molar-refractivity contribution in [1.29, 1.82) is 0 Å². The Balaban J connectivity index is 2.06. The Kier molecular flexibility index (Phi) is 4.03. The zero-order valence-corrected chi connectivity index (χ0v) is 11.1. The number of nitrogens with zero attached hydrogens (tertiary/aromatic N) is 2. The highest BCUT2D eigenvalue weighted by atomic mass is 16.4. The third-order valence-electron chi connectivity index (χ3n) is 2.65. The number of carboxylic acid groups (broad SMARTS) is 1. The molecule has 0 bridgehead atoms. The highest BCUT2D eigenvalue weighted by molar-refractivity contribution is 6.03. The van der Waals surface area contributed by atoms with Crippen molar-refractivity contribution in [1.82, 2.24) is 9.78 Å². The predicted molar refractivity (Wildman–Crippen MR) is 75.9 cm³/mol. The number of carbonyl (C=O) groups excluding carboxylic acids is 1. The second kappa shape index (κ2) is 5.91. The minimum absolute atomic E-state index is 0.0589. The number of rotatable bonds is 4. The first-order valence-corrected chi connectivity index (χ1v) is 6.00. The molecule has 0 unspecified atom stereocenters. The van der Waals surface area contributed by atoms with Gasteiger partial charge in [-0.2, -0.15) is 5.10 Å². The number of benzene rings is 1. The van der Waals surface area contributed by atoms with Gasteiger partial charge in [-0.1, -0.05) is 0 Å². The van der Waals surface area contributed by atoms with E-state index in [9.17, 15) is 14.7 Å². The van der Waals surface area contributed by atoms with Crippen LogP contribution in [-0.2, 0) is 11.8 Å². The smallest absolute Gasteiger partial charge is 0.335 e. The van der Waals surface area contributed by atoms with Gasteiger partial charge in [-0.05, 0) is 24.3 Å². The third-order valence-corrected chi connectivity index (χ3v) is 2.65. The summed E-state index contributed by atoms with van der Waals surface area (Å²) in [5.41, 5.74) is 0.843. The molecule has 3 N–H and O–H groups in total. The van der Waals surface area contributed by atoms with Crippen LogP contribution in [0.15, 0.2) is 36.7 Å². The molecule has 7 heteroatoms. The molecular weight excluding hydrogens is 274 g/mol. The number of amides is 1. The Labute approximate surface area is 120 Å². The fraction of sp³-hybridized carbons (Fsp3) is 0.0714. The summed E-state index contributed by atoms with van der Waals surface area (Å²) in [5, 5.41) is 24.9. The molecule has 2 aromatic rings. The molecule has 108 valence electrons. The van der Waals surface area contributed by atoms with E-state index in [1.807, 2.05) is 0 Å². The molecule has 0 fully saturated rings. The van der Waals surface area contributed by atoms with Gasteiger partial charge in [-0.3, -0.25) is 9.48 Å². The number of anilines is 1. The summed E-state index contributed by atoms with van der Waals surface area (Å²) in [6.45, 7) is 0. The average Bonchev–Trinajstić information content (AvgIpc) is 2.84. The lowest BCUT2D eigenvalue weighted by Crippen LogP contribution is -2.08. The van der Waals surface area contributed by atoms with Crippen LogP contribution in [0, 0.1) is 0 Å². The molecule has 1 heterocycles. The Bertz CT molecular complexity index is 719. The lowest BCUT2D eigenvalue weighted by molar-refractivity contribution is -0.111. The summed E-state index contributed by atoms with van der Waals surface area (Å²) < 4.78 is 1.61. The molecule has 0 saturated carbocycles. The van der Waals surface area contributed by atoms with Gasteiger partial charge >= 0.3 is 5.97 Å². The van der Waals surface area contributed by atoms with E-state index in [0.717, 1.165) is 11.6 Å². The van der Waals surface area contributed by atoms with Gasteiger partial charge in [0.05, 0.1) is 17.4 Å². The Morgan fingerprint density at radius 3 is 2.71 bits per heavy atom. The summed E-state index contributed by atoms with van der Waals surface area (Å²) in [6, 6.07) is 3.69. The average molecular weight is 287 g/mol. The zero-order valence-electron chi connectivity index (χ0n) is 11.1. The minimum atomic E-state index is -1.15. The molecule has 1 aromatic carbocycles. The van der Waals surface area contributed by atoms with Crippen LogP contribution in [0.25, 0.3) is 6.08 Å².